The van der Waals surface area contributed by atoms with Crippen LogP contribution in [-0.2, 0) is 35.7 Å². The number of esters is 1. The monoisotopic (exact) mass is 439 g/mol. The lowest BCUT2D eigenvalue weighted by atomic mass is 10.1. The molecule has 0 aromatic heterocycles. The van der Waals surface area contributed by atoms with Gasteiger partial charge in [0.05, 0.1) is 13.3 Å². The van der Waals surface area contributed by atoms with E-state index in [1.807, 2.05) is 0 Å². The van der Waals surface area contributed by atoms with E-state index in [-0.39, 0.29) is 12.6 Å². The van der Waals surface area contributed by atoms with Gasteiger partial charge in [0, 0.05) is 31.2 Å². The average molecular weight is 440 g/mol. The van der Waals surface area contributed by atoms with E-state index in [0.29, 0.717) is 16.1 Å². The minimum Gasteiger partial charge on any atom is -0.467 e. The number of amides is 1. The Labute approximate surface area is 174 Å². The Morgan fingerprint density at radius 3 is 2.03 bits per heavy atom. The Balaban J connectivity index is 2.09. The number of benzene rings is 2. The van der Waals surface area contributed by atoms with Gasteiger partial charge >= 0.3 is 13.6 Å². The average Bonchev–Trinajstić information content (AvgIpc) is 2.74. The molecule has 29 heavy (non-hydrogen) atoms. The summed E-state index contributed by atoms with van der Waals surface area (Å²) in [5.74, 6) is -0.978. The molecule has 0 aliphatic carbocycles. The summed E-state index contributed by atoms with van der Waals surface area (Å²) in [4.78, 5) is 24.7. The van der Waals surface area contributed by atoms with Crippen LogP contribution in [0.4, 0.5) is 0 Å². The normalized spacial score (nSPS) is 12.3. The van der Waals surface area contributed by atoms with Crippen molar-refractivity contribution in [3.05, 3.63) is 70.2 Å². The Hall–Kier alpha value is -2.18. The second-order valence-corrected chi connectivity index (χ2v) is 8.92. The number of methoxy groups -OCH3 is 1. The first-order chi connectivity index (χ1) is 13.8. The third-order valence-corrected chi connectivity index (χ3v) is 6.41. The molecule has 0 saturated carbocycles. The molecule has 0 heterocycles. The Kier molecular flexibility index (Phi) is 8.41. The van der Waals surface area contributed by atoms with Gasteiger partial charge in [-0.15, -0.1) is 0 Å². The van der Waals surface area contributed by atoms with Crippen LogP contribution >= 0.6 is 19.2 Å². The zero-order valence-corrected chi connectivity index (χ0v) is 18.0. The zero-order chi connectivity index (χ0) is 21.4. The maximum absolute atomic E-state index is 12.6. The van der Waals surface area contributed by atoms with Crippen LogP contribution in [-0.4, -0.2) is 39.2 Å². The molecule has 0 spiro atoms. The van der Waals surface area contributed by atoms with Gasteiger partial charge in [-0.3, -0.25) is 9.36 Å². The highest BCUT2D eigenvalue weighted by Crippen LogP contribution is 2.49. The second-order valence-electron chi connectivity index (χ2n) is 6.21. The maximum Gasteiger partial charge on any atom is 0.334 e. The van der Waals surface area contributed by atoms with Crippen molar-refractivity contribution in [2.45, 2.75) is 18.6 Å². The van der Waals surface area contributed by atoms with Crippen molar-refractivity contribution in [2.24, 2.45) is 0 Å². The van der Waals surface area contributed by atoms with Crippen molar-refractivity contribution in [3.63, 3.8) is 0 Å². The highest BCUT2D eigenvalue weighted by atomic mass is 35.5. The minimum atomic E-state index is -3.20. The van der Waals surface area contributed by atoms with Crippen LogP contribution in [0, 0.1) is 0 Å². The molecule has 2 aromatic carbocycles. The molecule has 9 heteroatoms. The molecule has 7 nitrogen and oxygen atoms in total. The summed E-state index contributed by atoms with van der Waals surface area (Å²) in [7, 11) is 0.709. The number of halogens is 1. The van der Waals surface area contributed by atoms with Gasteiger partial charge in [0.25, 0.3) is 5.91 Å². The Morgan fingerprint density at radius 1 is 0.966 bits per heavy atom. The van der Waals surface area contributed by atoms with Crippen LogP contribution in [0.5, 0.6) is 0 Å². The number of hydrogen-bond acceptors (Lipinski definition) is 6. The molecule has 0 unspecified atom stereocenters. The summed E-state index contributed by atoms with van der Waals surface area (Å²) in [6.07, 6.45) is 0.349. The van der Waals surface area contributed by atoms with E-state index in [2.05, 4.69) is 5.32 Å². The SMILES string of the molecule is COC(=O)[C@@H](Cc1ccc(Cl)cc1)NC(=O)c1ccc(CP(=O)(OC)OC)cc1. The Morgan fingerprint density at radius 2 is 1.52 bits per heavy atom. The summed E-state index contributed by atoms with van der Waals surface area (Å²) < 4.78 is 26.8. The molecule has 0 radical (unpaired) electrons. The molecule has 0 fully saturated rings. The molecule has 0 aliphatic rings. The molecule has 0 bridgehead atoms. The zero-order valence-electron chi connectivity index (χ0n) is 16.4. The molecular weight excluding hydrogens is 417 g/mol. The summed E-state index contributed by atoms with van der Waals surface area (Å²) in [6.45, 7) is 0. The predicted octanol–water partition coefficient (Wildman–Crippen LogP) is 3.84. The van der Waals surface area contributed by atoms with E-state index in [1.165, 1.54) is 21.3 Å². The lowest BCUT2D eigenvalue weighted by Gasteiger charge is -2.17. The molecule has 2 aromatic rings. The molecule has 2 rings (SSSR count). The highest BCUT2D eigenvalue weighted by molar-refractivity contribution is 7.52. The number of carbonyl (C=O) groups excluding carboxylic acids is 2. The number of carbonyl (C=O) groups is 2. The maximum atomic E-state index is 12.6. The third kappa shape index (κ3) is 6.68. The van der Waals surface area contributed by atoms with Crippen molar-refractivity contribution >= 4 is 31.1 Å². The molecule has 1 atom stereocenters. The first-order valence-corrected chi connectivity index (χ1v) is 10.8. The fourth-order valence-corrected chi connectivity index (χ4v) is 3.81. The van der Waals surface area contributed by atoms with Gasteiger partial charge in [0.1, 0.15) is 6.04 Å². The van der Waals surface area contributed by atoms with E-state index >= 15 is 0 Å². The van der Waals surface area contributed by atoms with E-state index in [0.717, 1.165) is 5.56 Å². The summed E-state index contributed by atoms with van der Waals surface area (Å²) in [5.41, 5.74) is 1.87. The summed E-state index contributed by atoms with van der Waals surface area (Å²) >= 11 is 5.88. The molecule has 0 saturated heterocycles. The van der Waals surface area contributed by atoms with E-state index in [1.54, 1.807) is 48.5 Å². The molecule has 156 valence electrons. The van der Waals surface area contributed by atoms with Crippen LogP contribution in [0.1, 0.15) is 21.5 Å². The molecule has 0 aliphatic heterocycles. The second kappa shape index (κ2) is 10.6. The molecule has 1 amide bonds. The third-order valence-electron chi connectivity index (χ3n) is 4.29. The van der Waals surface area contributed by atoms with Gasteiger partial charge in [0.2, 0.25) is 0 Å². The number of hydrogen-bond donors (Lipinski definition) is 1. The standard InChI is InChI=1S/C20H23ClNO6P/c1-26-20(24)18(12-14-6-10-17(21)11-7-14)22-19(23)16-8-4-15(5-9-16)13-29(25,27-2)28-3/h4-11,18H,12-13H2,1-3H3,(H,22,23)/t18-/m1/s1. The summed E-state index contributed by atoms with van der Waals surface area (Å²) in [6, 6.07) is 12.6. The van der Waals surface area contributed by atoms with Crippen LogP contribution in [0.2, 0.25) is 5.02 Å². The number of ether oxygens (including phenoxy) is 1. The Bertz CT molecular complexity index is 877. The lowest BCUT2D eigenvalue weighted by molar-refractivity contribution is -0.142. The number of nitrogens with one attached hydrogen (secondary N) is 1. The smallest absolute Gasteiger partial charge is 0.334 e. The first kappa shape index (κ1) is 23.1. The van der Waals surface area contributed by atoms with Crippen molar-refractivity contribution in [2.75, 3.05) is 21.3 Å². The first-order valence-electron chi connectivity index (χ1n) is 8.73. The van der Waals surface area contributed by atoms with Crippen molar-refractivity contribution in [1.29, 1.82) is 0 Å². The van der Waals surface area contributed by atoms with Gasteiger partial charge in [-0.05, 0) is 35.4 Å². The largest absolute Gasteiger partial charge is 0.467 e. The molecular formula is C20H23ClNO6P. The van der Waals surface area contributed by atoms with Gasteiger partial charge in [-0.1, -0.05) is 35.9 Å². The lowest BCUT2D eigenvalue weighted by Crippen LogP contribution is -2.43. The predicted molar refractivity (Wildman–Crippen MR) is 110 cm³/mol. The van der Waals surface area contributed by atoms with E-state index in [9.17, 15) is 14.2 Å². The van der Waals surface area contributed by atoms with Gasteiger partial charge in [-0.25, -0.2) is 4.79 Å². The van der Waals surface area contributed by atoms with Gasteiger partial charge in [0.15, 0.2) is 0 Å². The van der Waals surface area contributed by atoms with Crippen molar-refractivity contribution in [1.82, 2.24) is 5.32 Å². The van der Waals surface area contributed by atoms with Gasteiger partial charge in [-0.2, -0.15) is 0 Å². The fraction of sp³-hybridized carbons (Fsp3) is 0.300. The highest BCUT2D eigenvalue weighted by Gasteiger charge is 2.24. The van der Waals surface area contributed by atoms with Crippen molar-refractivity contribution in [3.8, 4) is 0 Å². The molecule has 1 N–H and O–H groups in total. The minimum absolute atomic E-state index is 0.0866. The number of rotatable bonds is 9. The summed E-state index contributed by atoms with van der Waals surface area (Å²) in [5, 5.41) is 3.27. The van der Waals surface area contributed by atoms with E-state index < -0.39 is 25.5 Å². The van der Waals surface area contributed by atoms with Crippen LogP contribution in [0.25, 0.3) is 0 Å². The fourth-order valence-electron chi connectivity index (χ4n) is 2.62. The van der Waals surface area contributed by atoms with Crippen LogP contribution in [0.3, 0.4) is 0 Å². The topological polar surface area (TPSA) is 90.9 Å². The van der Waals surface area contributed by atoms with Crippen LogP contribution in [0.15, 0.2) is 48.5 Å². The quantitative estimate of drug-likeness (QED) is 0.471. The van der Waals surface area contributed by atoms with Gasteiger partial charge < -0.3 is 19.1 Å². The van der Waals surface area contributed by atoms with E-state index in [4.69, 9.17) is 25.4 Å². The van der Waals surface area contributed by atoms with Crippen LogP contribution < -0.4 is 5.32 Å². The van der Waals surface area contributed by atoms with Crippen molar-refractivity contribution < 1.29 is 27.9 Å².